The van der Waals surface area contributed by atoms with E-state index in [2.05, 4.69) is 31.9 Å². The Labute approximate surface area is 125 Å². The molecule has 0 aliphatic carbocycles. The van der Waals surface area contributed by atoms with Gasteiger partial charge in [-0.05, 0) is 43.8 Å². The second-order valence-corrected chi connectivity index (χ2v) is 9.68. The normalized spacial score (nSPS) is 14.9. The van der Waals surface area contributed by atoms with Gasteiger partial charge in [0.15, 0.2) is 5.78 Å². The smallest absolute Gasteiger partial charge is 0.177 e. The molecule has 1 aromatic heterocycles. The summed E-state index contributed by atoms with van der Waals surface area (Å²) in [6.07, 6.45) is 0. The van der Waals surface area contributed by atoms with Gasteiger partial charge in [0.05, 0.1) is 13.3 Å². The molecular formula is C11H14Br2O2S2. The summed E-state index contributed by atoms with van der Waals surface area (Å²) in [5.74, 6) is 0.354. The van der Waals surface area contributed by atoms with Crippen LogP contribution in [0.5, 0.6) is 0 Å². The molecule has 1 heterocycles. The third-order valence-corrected chi connectivity index (χ3v) is 6.84. The van der Waals surface area contributed by atoms with Crippen molar-refractivity contribution in [1.29, 1.82) is 0 Å². The highest BCUT2D eigenvalue weighted by Crippen LogP contribution is 2.32. The third kappa shape index (κ3) is 4.26. The fraction of sp³-hybridized carbons (Fsp3) is 0.545. The van der Waals surface area contributed by atoms with Crippen molar-refractivity contribution in [2.75, 3.05) is 5.75 Å². The van der Waals surface area contributed by atoms with Gasteiger partial charge >= 0.3 is 0 Å². The number of carbonyl (C=O) groups is 1. The second-order valence-electron chi connectivity index (χ2n) is 4.14. The number of hydrogen-bond acceptors (Lipinski definition) is 3. The molecule has 1 aromatic rings. The first-order valence-corrected chi connectivity index (χ1v) is 8.96. The van der Waals surface area contributed by atoms with Gasteiger partial charge < -0.3 is 0 Å². The van der Waals surface area contributed by atoms with Crippen molar-refractivity contribution in [1.82, 2.24) is 0 Å². The molecule has 2 unspecified atom stereocenters. The molecule has 0 fully saturated rings. The van der Waals surface area contributed by atoms with Crippen molar-refractivity contribution in [2.24, 2.45) is 5.92 Å². The monoisotopic (exact) mass is 400 g/mol. The lowest BCUT2D eigenvalue weighted by Gasteiger charge is -2.14. The molecule has 2 nitrogen and oxygen atoms in total. The maximum absolute atomic E-state index is 12.0. The Morgan fingerprint density at radius 2 is 2.00 bits per heavy atom. The lowest BCUT2D eigenvalue weighted by molar-refractivity contribution is 0.102. The maximum atomic E-state index is 12.0. The van der Waals surface area contributed by atoms with Gasteiger partial charge in [0, 0.05) is 21.6 Å². The van der Waals surface area contributed by atoms with Crippen LogP contribution in [0.15, 0.2) is 13.6 Å². The maximum Gasteiger partial charge on any atom is 0.177 e. The summed E-state index contributed by atoms with van der Waals surface area (Å²) in [7, 11) is -1.11. The van der Waals surface area contributed by atoms with E-state index in [0.717, 1.165) is 7.57 Å². The van der Waals surface area contributed by atoms with Gasteiger partial charge in [-0.15, -0.1) is 11.3 Å². The summed E-state index contributed by atoms with van der Waals surface area (Å²) >= 11 is 8.13. The number of Topliss-reactive ketones (excluding diaryl/α,β-unsaturated/α-hetero) is 1. The quantitative estimate of drug-likeness (QED) is 0.691. The van der Waals surface area contributed by atoms with Crippen LogP contribution in [0.3, 0.4) is 0 Å². The van der Waals surface area contributed by atoms with Crippen LogP contribution in [-0.4, -0.2) is 21.0 Å². The van der Waals surface area contributed by atoms with Crippen molar-refractivity contribution in [2.45, 2.75) is 26.0 Å². The molecule has 0 spiro atoms. The fourth-order valence-corrected chi connectivity index (χ4v) is 5.31. The van der Waals surface area contributed by atoms with Gasteiger partial charge in [0.1, 0.15) is 0 Å². The molecule has 6 heteroatoms. The van der Waals surface area contributed by atoms with E-state index in [1.165, 1.54) is 11.3 Å². The average Bonchev–Trinajstić information content (AvgIpc) is 2.56. The number of rotatable bonds is 5. The summed E-state index contributed by atoms with van der Waals surface area (Å²) in [6, 6.07) is 1.77. The van der Waals surface area contributed by atoms with E-state index in [0.29, 0.717) is 11.5 Å². The fourth-order valence-electron chi connectivity index (χ4n) is 1.17. The molecule has 0 aliphatic rings. The Hall–Kier alpha value is 0.480. The van der Waals surface area contributed by atoms with E-state index in [-0.39, 0.29) is 16.8 Å². The van der Waals surface area contributed by atoms with Crippen molar-refractivity contribution in [3.05, 3.63) is 19.2 Å². The van der Waals surface area contributed by atoms with E-state index < -0.39 is 10.8 Å². The molecule has 0 saturated carbocycles. The standard InChI is InChI=1S/C11H14Br2O2S2/c1-6(2)7(3)17(15)5-9(14)8-4-10(12)16-11(8)13/h4,6-7H,5H2,1-3H3. The number of hydrogen-bond donors (Lipinski definition) is 0. The third-order valence-electron chi connectivity index (χ3n) is 2.58. The van der Waals surface area contributed by atoms with Crippen LogP contribution >= 0.6 is 43.2 Å². The summed E-state index contributed by atoms with van der Waals surface area (Å²) in [4.78, 5) is 12.0. The first kappa shape index (κ1) is 15.5. The largest absolute Gasteiger partial charge is 0.293 e. The number of carbonyl (C=O) groups excluding carboxylic acids is 1. The van der Waals surface area contributed by atoms with Crippen LogP contribution in [0.25, 0.3) is 0 Å². The van der Waals surface area contributed by atoms with Crippen molar-refractivity contribution in [3.8, 4) is 0 Å². The summed E-state index contributed by atoms with van der Waals surface area (Å²) in [5, 5.41) is 0.0415. The van der Waals surface area contributed by atoms with E-state index >= 15 is 0 Å². The van der Waals surface area contributed by atoms with Crippen LogP contribution in [0, 0.1) is 5.92 Å². The Bertz CT molecular complexity index is 441. The molecule has 17 heavy (non-hydrogen) atoms. The minimum atomic E-state index is -1.11. The molecule has 0 radical (unpaired) electrons. The van der Waals surface area contributed by atoms with E-state index in [1.54, 1.807) is 6.07 Å². The van der Waals surface area contributed by atoms with Crippen molar-refractivity contribution >= 4 is 59.8 Å². The Balaban J connectivity index is 2.73. The van der Waals surface area contributed by atoms with Crippen LogP contribution in [0.4, 0.5) is 0 Å². The zero-order chi connectivity index (χ0) is 13.2. The van der Waals surface area contributed by atoms with Crippen LogP contribution < -0.4 is 0 Å². The van der Waals surface area contributed by atoms with Crippen LogP contribution in [0.2, 0.25) is 0 Å². The first-order valence-electron chi connectivity index (χ1n) is 5.18. The van der Waals surface area contributed by atoms with Crippen molar-refractivity contribution < 1.29 is 9.00 Å². The predicted octanol–water partition coefficient (Wildman–Crippen LogP) is 4.25. The Kier molecular flexibility index (Phi) is 6.02. The first-order chi connectivity index (χ1) is 7.82. The molecule has 0 aliphatic heterocycles. The number of thiophene rings is 1. The van der Waals surface area contributed by atoms with Gasteiger partial charge in [-0.1, -0.05) is 20.8 Å². The van der Waals surface area contributed by atoms with Gasteiger partial charge in [-0.3, -0.25) is 9.00 Å². The molecule has 0 N–H and O–H groups in total. The summed E-state index contributed by atoms with van der Waals surface area (Å²) in [5.41, 5.74) is 0.617. The molecule has 0 amide bonds. The summed E-state index contributed by atoms with van der Waals surface area (Å²) < 4.78 is 13.6. The van der Waals surface area contributed by atoms with Crippen LogP contribution in [0.1, 0.15) is 31.1 Å². The van der Waals surface area contributed by atoms with Gasteiger partial charge in [-0.2, -0.15) is 0 Å². The molecule has 0 aromatic carbocycles. The van der Waals surface area contributed by atoms with Crippen molar-refractivity contribution in [3.63, 3.8) is 0 Å². The zero-order valence-corrected chi connectivity index (χ0v) is 14.6. The Morgan fingerprint density at radius 3 is 2.41 bits per heavy atom. The van der Waals surface area contributed by atoms with Gasteiger partial charge in [-0.25, -0.2) is 0 Å². The van der Waals surface area contributed by atoms with E-state index in [1.807, 2.05) is 20.8 Å². The minimum absolute atomic E-state index is 0.0415. The molecular weight excluding hydrogens is 388 g/mol. The predicted molar refractivity (Wildman–Crippen MR) is 81.4 cm³/mol. The highest BCUT2D eigenvalue weighted by atomic mass is 79.9. The van der Waals surface area contributed by atoms with Gasteiger partial charge in [0.2, 0.25) is 0 Å². The SMILES string of the molecule is CC(C)C(C)S(=O)CC(=O)c1cc(Br)sc1Br. The number of ketones is 1. The highest BCUT2D eigenvalue weighted by Gasteiger charge is 2.21. The topological polar surface area (TPSA) is 34.1 Å². The summed E-state index contributed by atoms with van der Waals surface area (Å²) in [6.45, 7) is 5.96. The lowest BCUT2D eigenvalue weighted by atomic mass is 10.2. The van der Waals surface area contributed by atoms with E-state index in [4.69, 9.17) is 0 Å². The molecule has 2 atom stereocenters. The Morgan fingerprint density at radius 1 is 1.41 bits per heavy atom. The second kappa shape index (κ2) is 6.59. The lowest BCUT2D eigenvalue weighted by Crippen LogP contribution is -2.23. The van der Waals surface area contributed by atoms with Crippen LogP contribution in [-0.2, 0) is 10.8 Å². The average molecular weight is 402 g/mol. The molecule has 1 rings (SSSR count). The zero-order valence-electron chi connectivity index (χ0n) is 9.83. The highest BCUT2D eigenvalue weighted by molar-refractivity contribution is 9.12. The molecule has 0 bridgehead atoms. The van der Waals surface area contributed by atoms with Gasteiger partial charge in [0.25, 0.3) is 0 Å². The van der Waals surface area contributed by atoms with E-state index in [9.17, 15) is 9.00 Å². The molecule has 96 valence electrons. The molecule has 0 saturated heterocycles. The minimum Gasteiger partial charge on any atom is -0.293 e. The number of halogens is 2.